The Morgan fingerprint density at radius 2 is 2.31 bits per heavy atom. The van der Waals surface area contributed by atoms with E-state index in [-0.39, 0.29) is 0 Å². The van der Waals surface area contributed by atoms with Crippen molar-refractivity contribution in [2.24, 2.45) is 0 Å². The lowest BCUT2D eigenvalue weighted by atomic mass is 10.0. The van der Waals surface area contributed by atoms with Crippen LogP contribution in [0.2, 0.25) is 0 Å². The molecule has 3 heteroatoms. The molecule has 13 heavy (non-hydrogen) atoms. The third-order valence-corrected chi connectivity index (χ3v) is 3.37. The lowest BCUT2D eigenvalue weighted by Crippen LogP contribution is -2.06. The van der Waals surface area contributed by atoms with Crippen LogP contribution in [0.1, 0.15) is 11.1 Å². The smallest absolute Gasteiger partial charge is 0.138 e. The van der Waals surface area contributed by atoms with Gasteiger partial charge in [0.2, 0.25) is 0 Å². The van der Waals surface area contributed by atoms with Crippen LogP contribution in [0, 0.1) is 10.5 Å². The van der Waals surface area contributed by atoms with E-state index in [9.17, 15) is 4.79 Å². The summed E-state index contributed by atoms with van der Waals surface area (Å²) in [4.78, 5) is 10.4. The van der Waals surface area contributed by atoms with E-state index in [1.165, 1.54) is 9.13 Å². The van der Waals surface area contributed by atoms with Crippen LogP contribution in [0.5, 0.6) is 0 Å². The van der Waals surface area contributed by atoms with Gasteiger partial charge >= 0.3 is 0 Å². The SMILES string of the molecule is Cc1c(I)cccc1CC(Cl)C=O. The second-order valence-electron chi connectivity index (χ2n) is 2.88. The fourth-order valence-electron chi connectivity index (χ4n) is 1.13. The average molecular weight is 309 g/mol. The number of benzene rings is 1. The molecule has 0 aliphatic heterocycles. The third kappa shape index (κ3) is 2.95. The van der Waals surface area contributed by atoms with Crippen molar-refractivity contribution < 1.29 is 4.79 Å². The molecule has 0 radical (unpaired) electrons. The molecule has 0 saturated carbocycles. The second-order valence-corrected chi connectivity index (χ2v) is 4.60. The van der Waals surface area contributed by atoms with Crippen LogP contribution in [0.15, 0.2) is 18.2 Å². The Bertz CT molecular complexity index is 312. The summed E-state index contributed by atoms with van der Waals surface area (Å²) >= 11 is 8.03. The maximum atomic E-state index is 10.4. The number of carbonyl (C=O) groups is 1. The molecule has 0 fully saturated rings. The first-order chi connectivity index (χ1) is 6.15. The van der Waals surface area contributed by atoms with Gasteiger partial charge in [-0.25, -0.2) is 0 Å². The molecule has 1 nitrogen and oxygen atoms in total. The van der Waals surface area contributed by atoms with Gasteiger partial charge in [0.05, 0.1) is 5.38 Å². The average Bonchev–Trinajstić information content (AvgIpc) is 2.13. The minimum absolute atomic E-state index is 0.406. The number of carbonyl (C=O) groups excluding carboxylic acids is 1. The largest absolute Gasteiger partial charge is 0.302 e. The standard InChI is InChI=1S/C10H10ClIO/c1-7-8(5-9(11)6-13)3-2-4-10(7)12/h2-4,6,9H,5H2,1H3. The summed E-state index contributed by atoms with van der Waals surface area (Å²) in [5.41, 5.74) is 2.37. The van der Waals surface area contributed by atoms with Gasteiger partial charge in [-0.3, -0.25) is 0 Å². The van der Waals surface area contributed by atoms with Crippen molar-refractivity contribution in [3.8, 4) is 0 Å². The molecule has 0 amide bonds. The predicted molar refractivity (Wildman–Crippen MR) is 63.3 cm³/mol. The Morgan fingerprint density at radius 3 is 2.92 bits per heavy atom. The minimum Gasteiger partial charge on any atom is -0.302 e. The van der Waals surface area contributed by atoms with Crippen LogP contribution in [0.3, 0.4) is 0 Å². The molecule has 70 valence electrons. The maximum Gasteiger partial charge on any atom is 0.138 e. The molecular weight excluding hydrogens is 298 g/mol. The van der Waals surface area contributed by atoms with Gasteiger partial charge < -0.3 is 4.79 Å². The first kappa shape index (κ1) is 11.0. The van der Waals surface area contributed by atoms with Gasteiger partial charge in [-0.15, -0.1) is 11.6 Å². The highest BCUT2D eigenvalue weighted by molar-refractivity contribution is 14.1. The van der Waals surface area contributed by atoms with Gasteiger partial charge in [0.15, 0.2) is 0 Å². The maximum absolute atomic E-state index is 10.4. The van der Waals surface area contributed by atoms with Crippen LogP contribution in [-0.2, 0) is 11.2 Å². The molecule has 0 saturated heterocycles. The number of halogens is 2. The number of alkyl halides is 1. The Morgan fingerprint density at radius 1 is 1.62 bits per heavy atom. The van der Waals surface area contributed by atoms with Crippen LogP contribution < -0.4 is 0 Å². The summed E-state index contributed by atoms with van der Waals surface area (Å²) in [7, 11) is 0. The van der Waals surface area contributed by atoms with E-state index in [4.69, 9.17) is 11.6 Å². The first-order valence-corrected chi connectivity index (χ1v) is 5.50. The number of aldehydes is 1. The van der Waals surface area contributed by atoms with Gasteiger partial charge in [0, 0.05) is 3.57 Å². The van der Waals surface area contributed by atoms with E-state index in [1.807, 2.05) is 25.1 Å². The lowest BCUT2D eigenvalue weighted by Gasteiger charge is -2.07. The number of rotatable bonds is 3. The summed E-state index contributed by atoms with van der Waals surface area (Å²) < 4.78 is 1.21. The van der Waals surface area contributed by atoms with Crippen molar-refractivity contribution in [3.05, 3.63) is 32.9 Å². The van der Waals surface area contributed by atoms with Crippen LogP contribution >= 0.6 is 34.2 Å². The lowest BCUT2D eigenvalue weighted by molar-refractivity contribution is -0.107. The second kappa shape index (κ2) is 4.96. The van der Waals surface area contributed by atoms with Gasteiger partial charge in [0.1, 0.15) is 6.29 Å². The van der Waals surface area contributed by atoms with E-state index >= 15 is 0 Å². The van der Waals surface area contributed by atoms with E-state index < -0.39 is 5.38 Å². The zero-order chi connectivity index (χ0) is 9.84. The zero-order valence-electron chi connectivity index (χ0n) is 7.26. The highest BCUT2D eigenvalue weighted by Crippen LogP contribution is 2.17. The predicted octanol–water partition coefficient (Wildman–Crippen LogP) is 2.95. The zero-order valence-corrected chi connectivity index (χ0v) is 10.2. The molecule has 0 N–H and O–H groups in total. The summed E-state index contributed by atoms with van der Waals surface area (Å²) in [5.74, 6) is 0. The van der Waals surface area contributed by atoms with Crippen LogP contribution in [0.4, 0.5) is 0 Å². The molecule has 0 aliphatic carbocycles. The third-order valence-electron chi connectivity index (χ3n) is 1.94. The molecule has 0 bridgehead atoms. The molecule has 1 rings (SSSR count). The minimum atomic E-state index is -0.406. The van der Waals surface area contributed by atoms with E-state index in [2.05, 4.69) is 22.6 Å². The molecule has 0 aliphatic rings. The molecular formula is C10H10ClIO. The Hall–Kier alpha value is -0.0900. The summed E-state index contributed by atoms with van der Waals surface area (Å²) in [6.45, 7) is 2.05. The Labute approximate surface area is 96.6 Å². The van der Waals surface area contributed by atoms with Crippen molar-refractivity contribution in [2.45, 2.75) is 18.7 Å². The van der Waals surface area contributed by atoms with Crippen molar-refractivity contribution in [3.63, 3.8) is 0 Å². The van der Waals surface area contributed by atoms with Gasteiger partial charge in [-0.2, -0.15) is 0 Å². The summed E-state index contributed by atoms with van der Waals surface area (Å²) in [6, 6.07) is 6.04. The van der Waals surface area contributed by atoms with Crippen molar-refractivity contribution in [2.75, 3.05) is 0 Å². The number of hydrogen-bond acceptors (Lipinski definition) is 1. The molecule has 0 heterocycles. The molecule has 1 aromatic rings. The fourth-order valence-corrected chi connectivity index (χ4v) is 1.85. The molecule has 1 atom stereocenters. The monoisotopic (exact) mass is 308 g/mol. The topological polar surface area (TPSA) is 17.1 Å². The molecule has 0 spiro atoms. The Balaban J connectivity index is 2.88. The van der Waals surface area contributed by atoms with E-state index in [0.29, 0.717) is 6.42 Å². The molecule has 1 unspecified atom stereocenters. The van der Waals surface area contributed by atoms with E-state index in [0.717, 1.165) is 11.8 Å². The van der Waals surface area contributed by atoms with Crippen molar-refractivity contribution in [1.29, 1.82) is 0 Å². The fraction of sp³-hybridized carbons (Fsp3) is 0.300. The summed E-state index contributed by atoms with van der Waals surface area (Å²) in [5, 5.41) is -0.406. The molecule has 0 aromatic heterocycles. The quantitative estimate of drug-likeness (QED) is 0.477. The normalized spacial score (nSPS) is 12.5. The van der Waals surface area contributed by atoms with E-state index in [1.54, 1.807) is 0 Å². The van der Waals surface area contributed by atoms with Crippen molar-refractivity contribution in [1.82, 2.24) is 0 Å². The highest BCUT2D eigenvalue weighted by atomic mass is 127. The van der Waals surface area contributed by atoms with Crippen molar-refractivity contribution >= 4 is 40.5 Å². The highest BCUT2D eigenvalue weighted by Gasteiger charge is 2.07. The number of hydrogen-bond donors (Lipinski definition) is 0. The first-order valence-electron chi connectivity index (χ1n) is 3.98. The van der Waals surface area contributed by atoms with Crippen LogP contribution in [0.25, 0.3) is 0 Å². The van der Waals surface area contributed by atoms with Gasteiger partial charge in [-0.1, -0.05) is 12.1 Å². The molecule has 1 aromatic carbocycles. The van der Waals surface area contributed by atoms with Crippen LogP contribution in [-0.4, -0.2) is 11.7 Å². The van der Waals surface area contributed by atoms with Gasteiger partial charge in [0.25, 0.3) is 0 Å². The Kier molecular flexibility index (Phi) is 4.19. The summed E-state index contributed by atoms with van der Waals surface area (Å²) in [6.07, 6.45) is 1.40. The van der Waals surface area contributed by atoms with Gasteiger partial charge in [-0.05, 0) is 53.1 Å².